The number of ether oxygens (including phenoxy) is 1. The minimum Gasteiger partial charge on any atom is -0.462 e. The first kappa shape index (κ1) is 19.8. The molecule has 0 bridgehead atoms. The highest BCUT2D eigenvalue weighted by Crippen LogP contribution is 2.23. The van der Waals surface area contributed by atoms with Crippen LogP contribution in [0.2, 0.25) is 0 Å². The van der Waals surface area contributed by atoms with Crippen molar-refractivity contribution in [3.05, 3.63) is 47.3 Å². The molecule has 0 aliphatic rings. The van der Waals surface area contributed by atoms with Gasteiger partial charge in [-0.3, -0.25) is 10.2 Å². The second-order valence-corrected chi connectivity index (χ2v) is 6.64. The maximum absolute atomic E-state index is 12.4. The smallest absolute Gasteiger partial charge is 0.338 e. The molecule has 0 aliphatic carbocycles. The van der Waals surface area contributed by atoms with Gasteiger partial charge in [-0.05, 0) is 25.1 Å². The number of nitrogens with zero attached hydrogens (tertiary/aromatic N) is 3. The topological polar surface area (TPSA) is 118 Å². The van der Waals surface area contributed by atoms with Crippen molar-refractivity contribution in [3.8, 4) is 6.07 Å². The molecule has 1 heterocycles. The fraction of sp³-hybridized carbons (Fsp3) is 0.316. The van der Waals surface area contributed by atoms with Gasteiger partial charge in [-0.1, -0.05) is 32.0 Å². The Bertz CT molecular complexity index is 916. The first-order valence-corrected chi connectivity index (χ1v) is 8.29. The molecule has 8 nitrogen and oxygen atoms in total. The molecule has 140 valence electrons. The summed E-state index contributed by atoms with van der Waals surface area (Å²) in [5.74, 6) is -0.608. The second kappa shape index (κ2) is 8.27. The lowest BCUT2D eigenvalue weighted by molar-refractivity contribution is 0.0526. The number of esters is 1. The average molecular weight is 368 g/mol. The Hall–Kier alpha value is -3.47. The van der Waals surface area contributed by atoms with Gasteiger partial charge in [-0.25, -0.2) is 4.79 Å². The van der Waals surface area contributed by atoms with Crippen molar-refractivity contribution in [2.75, 3.05) is 12.0 Å². The highest BCUT2D eigenvalue weighted by atomic mass is 16.5. The summed E-state index contributed by atoms with van der Waals surface area (Å²) in [6.45, 7) is 7.72. The summed E-state index contributed by atoms with van der Waals surface area (Å²) < 4.78 is 10.1. The number of hydrazone groups is 1. The summed E-state index contributed by atoms with van der Waals surface area (Å²) in [6.07, 6.45) is 0. The van der Waals surface area contributed by atoms with Gasteiger partial charge in [0.05, 0.1) is 17.9 Å². The van der Waals surface area contributed by atoms with Crippen LogP contribution in [0.25, 0.3) is 0 Å². The zero-order valence-electron chi connectivity index (χ0n) is 15.6. The Morgan fingerprint density at radius 3 is 2.67 bits per heavy atom. The third-order valence-corrected chi connectivity index (χ3v) is 3.47. The van der Waals surface area contributed by atoms with E-state index in [9.17, 15) is 14.9 Å². The van der Waals surface area contributed by atoms with E-state index in [4.69, 9.17) is 9.26 Å². The number of ketones is 1. The number of nitrogens with one attached hydrogen (secondary N) is 1. The molecule has 1 aromatic carbocycles. The fourth-order valence-electron chi connectivity index (χ4n) is 2.03. The lowest BCUT2D eigenvalue weighted by Gasteiger charge is -2.11. The number of carbonyl (C=O) groups is 2. The number of anilines is 1. The Kier molecular flexibility index (Phi) is 6.08. The SMILES string of the molecule is CCOC(=O)c1cccc(N/N=C(\C#N)C(=O)c2cc(C(C)(C)C)on2)c1. The van der Waals surface area contributed by atoms with E-state index < -0.39 is 11.8 Å². The minimum atomic E-state index is -0.661. The molecule has 8 heteroatoms. The van der Waals surface area contributed by atoms with Gasteiger partial charge in [0.2, 0.25) is 11.5 Å². The molecule has 0 unspecified atom stereocenters. The van der Waals surface area contributed by atoms with Crippen LogP contribution in [0.3, 0.4) is 0 Å². The van der Waals surface area contributed by atoms with Gasteiger partial charge in [-0.2, -0.15) is 10.4 Å². The fourth-order valence-corrected chi connectivity index (χ4v) is 2.03. The van der Waals surface area contributed by atoms with Crippen molar-refractivity contribution in [1.82, 2.24) is 5.16 Å². The van der Waals surface area contributed by atoms with Crippen LogP contribution in [0.4, 0.5) is 5.69 Å². The molecule has 0 spiro atoms. The van der Waals surface area contributed by atoms with Crippen molar-refractivity contribution in [1.29, 1.82) is 5.26 Å². The number of Topliss-reactive ketones (excluding diaryl/α,β-unsaturated/α-hetero) is 1. The third-order valence-electron chi connectivity index (χ3n) is 3.47. The number of carbonyl (C=O) groups excluding carboxylic acids is 2. The molecule has 0 saturated carbocycles. The molecule has 0 fully saturated rings. The number of nitriles is 1. The van der Waals surface area contributed by atoms with E-state index in [0.29, 0.717) is 17.0 Å². The lowest BCUT2D eigenvalue weighted by atomic mass is 9.93. The molecular formula is C19H20N4O4. The van der Waals surface area contributed by atoms with Crippen molar-refractivity contribution < 1.29 is 18.8 Å². The van der Waals surface area contributed by atoms with E-state index in [-0.39, 0.29) is 23.4 Å². The monoisotopic (exact) mass is 368 g/mol. The Morgan fingerprint density at radius 1 is 1.33 bits per heavy atom. The normalized spacial score (nSPS) is 11.6. The number of benzene rings is 1. The maximum atomic E-state index is 12.4. The van der Waals surface area contributed by atoms with Crippen molar-refractivity contribution >= 4 is 23.2 Å². The molecule has 27 heavy (non-hydrogen) atoms. The van der Waals surface area contributed by atoms with Gasteiger partial charge in [-0.15, -0.1) is 0 Å². The number of hydrogen-bond donors (Lipinski definition) is 1. The molecule has 0 atom stereocenters. The quantitative estimate of drug-likeness (QED) is 0.359. The molecule has 2 rings (SSSR count). The number of rotatable bonds is 6. The van der Waals surface area contributed by atoms with E-state index in [2.05, 4.69) is 15.7 Å². The summed E-state index contributed by atoms with van der Waals surface area (Å²) in [6, 6.07) is 9.60. The van der Waals surface area contributed by atoms with Gasteiger partial charge in [0, 0.05) is 11.5 Å². The van der Waals surface area contributed by atoms with Crippen molar-refractivity contribution in [2.45, 2.75) is 33.1 Å². The average Bonchev–Trinajstić information content (AvgIpc) is 3.13. The predicted molar refractivity (Wildman–Crippen MR) is 98.6 cm³/mol. The summed E-state index contributed by atoms with van der Waals surface area (Å²) in [4.78, 5) is 24.2. The van der Waals surface area contributed by atoms with Gasteiger partial charge in [0.15, 0.2) is 5.69 Å². The Morgan fingerprint density at radius 2 is 2.07 bits per heavy atom. The van der Waals surface area contributed by atoms with Gasteiger partial charge in [0.25, 0.3) is 0 Å². The number of hydrogen-bond acceptors (Lipinski definition) is 8. The van der Waals surface area contributed by atoms with Crippen LogP contribution >= 0.6 is 0 Å². The van der Waals surface area contributed by atoms with Crippen molar-refractivity contribution in [3.63, 3.8) is 0 Å². The van der Waals surface area contributed by atoms with Crippen LogP contribution in [0, 0.1) is 11.3 Å². The molecule has 1 aromatic heterocycles. The molecule has 1 N–H and O–H groups in total. The summed E-state index contributed by atoms with van der Waals surface area (Å²) in [5.41, 5.74) is 2.65. The first-order chi connectivity index (χ1) is 12.8. The highest BCUT2D eigenvalue weighted by Gasteiger charge is 2.24. The zero-order valence-corrected chi connectivity index (χ0v) is 15.6. The van der Waals surface area contributed by atoms with Crippen LogP contribution < -0.4 is 5.43 Å². The minimum absolute atomic E-state index is 0.00213. The summed E-state index contributed by atoms with van der Waals surface area (Å²) in [5, 5.41) is 16.8. The van der Waals surface area contributed by atoms with Crippen LogP contribution in [0.15, 0.2) is 40.0 Å². The van der Waals surface area contributed by atoms with Crippen LogP contribution in [-0.4, -0.2) is 29.2 Å². The molecule has 0 aliphatic heterocycles. The molecule has 0 radical (unpaired) electrons. The third kappa shape index (κ3) is 5.01. The van der Waals surface area contributed by atoms with Crippen LogP contribution in [0.1, 0.15) is 54.3 Å². The summed E-state index contributed by atoms with van der Waals surface area (Å²) >= 11 is 0. The molecule has 2 aromatic rings. The largest absolute Gasteiger partial charge is 0.462 e. The van der Waals surface area contributed by atoms with Gasteiger partial charge < -0.3 is 9.26 Å². The van der Waals surface area contributed by atoms with Gasteiger partial charge >= 0.3 is 5.97 Å². The van der Waals surface area contributed by atoms with E-state index in [1.165, 1.54) is 12.1 Å². The van der Waals surface area contributed by atoms with Gasteiger partial charge in [0.1, 0.15) is 11.8 Å². The van der Waals surface area contributed by atoms with Crippen LogP contribution in [0.5, 0.6) is 0 Å². The molecule has 0 saturated heterocycles. The molecule has 0 amide bonds. The number of aromatic nitrogens is 1. The standard InChI is InChI=1S/C19H20N4O4/c1-5-26-18(25)12-7-6-8-13(9-12)21-22-15(11-20)17(24)14-10-16(27-23-14)19(2,3)4/h6-10,21H,5H2,1-4H3/b22-15+. The van der Waals surface area contributed by atoms with E-state index in [0.717, 1.165) is 0 Å². The summed E-state index contributed by atoms with van der Waals surface area (Å²) in [7, 11) is 0. The first-order valence-electron chi connectivity index (χ1n) is 8.29. The van der Waals surface area contributed by atoms with E-state index in [1.54, 1.807) is 31.2 Å². The van der Waals surface area contributed by atoms with Crippen molar-refractivity contribution in [2.24, 2.45) is 5.10 Å². The Labute approximate surface area is 156 Å². The molecular weight excluding hydrogens is 348 g/mol. The predicted octanol–water partition coefficient (Wildman–Crippen LogP) is 3.32. The lowest BCUT2D eigenvalue weighted by Crippen LogP contribution is -2.15. The maximum Gasteiger partial charge on any atom is 0.338 e. The van der Waals surface area contributed by atoms with E-state index in [1.807, 2.05) is 20.8 Å². The van der Waals surface area contributed by atoms with Crippen LogP contribution in [-0.2, 0) is 10.2 Å². The Balaban J connectivity index is 2.18. The van der Waals surface area contributed by atoms with E-state index >= 15 is 0 Å². The highest BCUT2D eigenvalue weighted by molar-refractivity contribution is 6.51. The second-order valence-electron chi connectivity index (χ2n) is 6.64. The zero-order chi connectivity index (χ0) is 20.0.